The van der Waals surface area contributed by atoms with Gasteiger partial charge in [0.1, 0.15) is 11.6 Å². The van der Waals surface area contributed by atoms with Crippen molar-refractivity contribution in [2.24, 2.45) is 0 Å². The predicted octanol–water partition coefficient (Wildman–Crippen LogP) is 3.14. The van der Waals surface area contributed by atoms with Gasteiger partial charge in [-0.3, -0.25) is 4.79 Å². The van der Waals surface area contributed by atoms with Crippen molar-refractivity contribution in [3.8, 4) is 0 Å². The Morgan fingerprint density at radius 1 is 1.10 bits per heavy atom. The van der Waals surface area contributed by atoms with Crippen LogP contribution in [0.5, 0.6) is 0 Å². The molecule has 0 unspecified atom stereocenters. The Morgan fingerprint density at radius 3 is 2.29 bits per heavy atom. The van der Waals surface area contributed by atoms with Crippen molar-refractivity contribution in [1.82, 2.24) is 0 Å². The fraction of sp³-hybridized carbons (Fsp3) is 0.188. The quantitative estimate of drug-likeness (QED) is 0.879. The van der Waals surface area contributed by atoms with Gasteiger partial charge < -0.3 is 10.6 Å². The monoisotopic (exact) mass is 290 g/mol. The molecule has 2 rings (SSSR count). The van der Waals surface area contributed by atoms with Crippen LogP contribution < -0.4 is 10.6 Å². The zero-order chi connectivity index (χ0) is 15.4. The molecule has 0 saturated heterocycles. The summed E-state index contributed by atoms with van der Waals surface area (Å²) in [5.41, 5.74) is 6.61. The number of rotatable bonds is 4. The van der Waals surface area contributed by atoms with E-state index in [2.05, 4.69) is 0 Å². The normalized spacial score (nSPS) is 10.4. The van der Waals surface area contributed by atoms with Crippen molar-refractivity contribution in [2.75, 3.05) is 17.2 Å². The molecule has 3 nitrogen and oxygen atoms in total. The Hall–Kier alpha value is -2.43. The molecule has 2 N–H and O–H groups in total. The molecule has 0 radical (unpaired) electrons. The molecule has 0 bridgehead atoms. The van der Waals surface area contributed by atoms with Gasteiger partial charge in [-0.2, -0.15) is 0 Å². The number of carbonyl (C=O) groups is 1. The molecule has 0 atom stereocenters. The lowest BCUT2D eigenvalue weighted by atomic mass is 10.1. The highest BCUT2D eigenvalue weighted by molar-refractivity contribution is 5.97. The Bertz CT molecular complexity index is 638. The van der Waals surface area contributed by atoms with Gasteiger partial charge in [0.15, 0.2) is 0 Å². The maximum absolute atomic E-state index is 13.6. The van der Waals surface area contributed by atoms with Gasteiger partial charge in [0.05, 0.1) is 17.8 Å². The number of nitrogens with zero attached hydrogens (tertiary/aromatic N) is 1. The highest BCUT2D eigenvalue weighted by atomic mass is 19.1. The first-order chi connectivity index (χ1) is 10.0. The second-order valence-corrected chi connectivity index (χ2v) is 4.57. The zero-order valence-electron chi connectivity index (χ0n) is 11.6. The first-order valence-corrected chi connectivity index (χ1v) is 6.62. The second-order valence-electron chi connectivity index (χ2n) is 4.57. The third-order valence-corrected chi connectivity index (χ3v) is 3.23. The number of carbonyl (C=O) groups excluding carboxylic acids is 1. The molecule has 21 heavy (non-hydrogen) atoms. The Kier molecular flexibility index (Phi) is 4.52. The summed E-state index contributed by atoms with van der Waals surface area (Å²) < 4.78 is 27.2. The summed E-state index contributed by atoms with van der Waals surface area (Å²) >= 11 is 0. The van der Waals surface area contributed by atoms with Crippen molar-refractivity contribution in [1.29, 1.82) is 0 Å². The Balaban J connectivity index is 2.28. The van der Waals surface area contributed by atoms with Crippen molar-refractivity contribution >= 4 is 17.3 Å². The van der Waals surface area contributed by atoms with Crippen LogP contribution in [0.3, 0.4) is 0 Å². The molecule has 0 aliphatic rings. The number of likely N-dealkylation sites (N-methyl/N-ethyl adjacent to an activating group) is 1. The molecule has 1 amide bonds. The maximum Gasteiger partial charge on any atom is 0.231 e. The van der Waals surface area contributed by atoms with E-state index < -0.39 is 17.5 Å². The number of hydrogen-bond acceptors (Lipinski definition) is 2. The van der Waals surface area contributed by atoms with E-state index in [1.807, 2.05) is 0 Å². The van der Waals surface area contributed by atoms with Gasteiger partial charge in [-0.05, 0) is 31.2 Å². The highest BCUT2D eigenvalue weighted by Crippen LogP contribution is 2.24. The van der Waals surface area contributed by atoms with Crippen molar-refractivity contribution < 1.29 is 13.6 Å². The van der Waals surface area contributed by atoms with Crippen LogP contribution in [0.2, 0.25) is 0 Å². The lowest BCUT2D eigenvalue weighted by Gasteiger charge is -2.22. The number of anilines is 2. The number of hydrogen-bond donors (Lipinski definition) is 1. The van der Waals surface area contributed by atoms with E-state index in [0.717, 1.165) is 12.1 Å². The van der Waals surface area contributed by atoms with E-state index in [9.17, 15) is 13.6 Å². The first-order valence-electron chi connectivity index (χ1n) is 6.62. The van der Waals surface area contributed by atoms with Gasteiger partial charge >= 0.3 is 0 Å². The van der Waals surface area contributed by atoms with E-state index in [1.165, 1.54) is 11.0 Å². The lowest BCUT2D eigenvalue weighted by molar-refractivity contribution is -0.118. The minimum absolute atomic E-state index is 0.226. The van der Waals surface area contributed by atoms with Gasteiger partial charge in [-0.15, -0.1) is 0 Å². The van der Waals surface area contributed by atoms with Gasteiger partial charge in [-0.1, -0.05) is 18.2 Å². The summed E-state index contributed by atoms with van der Waals surface area (Å²) in [7, 11) is 0. The average molecular weight is 290 g/mol. The number of amides is 1. The number of para-hydroxylation sites is 2. The van der Waals surface area contributed by atoms with Gasteiger partial charge in [0.2, 0.25) is 5.91 Å². The molecule has 0 fully saturated rings. The second kappa shape index (κ2) is 6.35. The summed E-state index contributed by atoms with van der Waals surface area (Å²) in [5, 5.41) is 0. The third kappa shape index (κ3) is 3.18. The van der Waals surface area contributed by atoms with Crippen LogP contribution in [0.4, 0.5) is 20.2 Å². The van der Waals surface area contributed by atoms with E-state index in [1.54, 1.807) is 31.2 Å². The van der Waals surface area contributed by atoms with Crippen LogP contribution in [0.15, 0.2) is 42.5 Å². The molecule has 0 heterocycles. The number of halogens is 2. The highest BCUT2D eigenvalue weighted by Gasteiger charge is 2.20. The minimum Gasteiger partial charge on any atom is -0.397 e. The molecule has 0 saturated carbocycles. The first kappa shape index (κ1) is 15.0. The number of nitrogens with two attached hydrogens (primary N) is 1. The molecule has 110 valence electrons. The van der Waals surface area contributed by atoms with Crippen molar-refractivity contribution in [3.05, 3.63) is 59.7 Å². The molecule has 0 aliphatic heterocycles. The van der Waals surface area contributed by atoms with Crippen LogP contribution in [-0.4, -0.2) is 12.5 Å². The summed E-state index contributed by atoms with van der Waals surface area (Å²) in [5.74, 6) is -1.85. The summed E-state index contributed by atoms with van der Waals surface area (Å²) in [4.78, 5) is 13.8. The average Bonchev–Trinajstić information content (AvgIpc) is 2.46. The third-order valence-electron chi connectivity index (χ3n) is 3.23. The molecule has 0 aliphatic carbocycles. The molecule has 2 aromatic rings. The SMILES string of the molecule is CCN(C(=O)Cc1c(F)cccc1F)c1ccccc1N. The van der Waals surface area contributed by atoms with Gasteiger partial charge in [0, 0.05) is 12.1 Å². The molecule has 0 spiro atoms. The van der Waals surface area contributed by atoms with E-state index in [4.69, 9.17) is 5.73 Å². The molecule has 2 aromatic carbocycles. The molecule has 0 aromatic heterocycles. The van der Waals surface area contributed by atoms with Crippen LogP contribution in [0.25, 0.3) is 0 Å². The van der Waals surface area contributed by atoms with E-state index in [-0.39, 0.29) is 12.0 Å². The number of nitrogen functional groups attached to an aromatic ring is 1. The predicted molar refractivity (Wildman–Crippen MR) is 78.9 cm³/mol. The largest absolute Gasteiger partial charge is 0.397 e. The van der Waals surface area contributed by atoms with Crippen LogP contribution in [0, 0.1) is 11.6 Å². The molecule has 5 heteroatoms. The molecular formula is C16H16F2N2O. The van der Waals surface area contributed by atoms with E-state index >= 15 is 0 Å². The van der Waals surface area contributed by atoms with E-state index in [0.29, 0.717) is 17.9 Å². The fourth-order valence-corrected chi connectivity index (χ4v) is 2.16. The minimum atomic E-state index is -0.722. The van der Waals surface area contributed by atoms with Crippen molar-refractivity contribution in [3.63, 3.8) is 0 Å². The van der Waals surface area contributed by atoms with Crippen molar-refractivity contribution in [2.45, 2.75) is 13.3 Å². The van der Waals surface area contributed by atoms with Crippen LogP contribution >= 0.6 is 0 Å². The summed E-state index contributed by atoms with van der Waals surface area (Å²) in [6, 6.07) is 10.4. The smallest absolute Gasteiger partial charge is 0.231 e. The summed E-state index contributed by atoms with van der Waals surface area (Å²) in [6.45, 7) is 2.14. The summed E-state index contributed by atoms with van der Waals surface area (Å²) in [6.07, 6.45) is -0.347. The Morgan fingerprint density at radius 2 is 1.71 bits per heavy atom. The standard InChI is InChI=1S/C16H16F2N2O/c1-2-20(15-9-4-3-8-14(15)19)16(21)10-11-12(17)6-5-7-13(11)18/h3-9H,2,10,19H2,1H3. The van der Waals surface area contributed by atoms with Gasteiger partial charge in [0.25, 0.3) is 0 Å². The van der Waals surface area contributed by atoms with Crippen LogP contribution in [0.1, 0.15) is 12.5 Å². The molecular weight excluding hydrogens is 274 g/mol. The van der Waals surface area contributed by atoms with Crippen LogP contribution in [-0.2, 0) is 11.2 Å². The topological polar surface area (TPSA) is 46.3 Å². The number of benzene rings is 2. The Labute approximate surface area is 122 Å². The lowest BCUT2D eigenvalue weighted by Crippen LogP contribution is -2.33. The maximum atomic E-state index is 13.6. The zero-order valence-corrected chi connectivity index (χ0v) is 11.6. The fourth-order valence-electron chi connectivity index (χ4n) is 2.16. The van der Waals surface area contributed by atoms with Gasteiger partial charge in [-0.25, -0.2) is 8.78 Å².